The summed E-state index contributed by atoms with van der Waals surface area (Å²) in [6.07, 6.45) is 3.48. The van der Waals surface area contributed by atoms with Gasteiger partial charge < -0.3 is 4.74 Å². The number of benzene rings is 1. The summed E-state index contributed by atoms with van der Waals surface area (Å²) in [4.78, 5) is 38.1. The average Bonchev–Trinajstić information content (AvgIpc) is 2.86. The van der Waals surface area contributed by atoms with Crippen molar-refractivity contribution in [3.63, 3.8) is 0 Å². The van der Waals surface area contributed by atoms with Gasteiger partial charge in [0, 0.05) is 16.2 Å². The maximum Gasteiger partial charge on any atom is 0.349 e. The van der Waals surface area contributed by atoms with E-state index in [4.69, 9.17) is 23.2 Å². The number of esters is 1. The van der Waals surface area contributed by atoms with Crippen LogP contribution in [0.1, 0.15) is 31.7 Å². The summed E-state index contributed by atoms with van der Waals surface area (Å²) in [5, 5.41) is 0.179. The summed E-state index contributed by atoms with van der Waals surface area (Å²) < 4.78 is 4.55. The Morgan fingerprint density at radius 3 is 2.65 bits per heavy atom. The van der Waals surface area contributed by atoms with Crippen molar-refractivity contribution in [1.29, 1.82) is 0 Å². The van der Waals surface area contributed by atoms with Gasteiger partial charge in [-0.2, -0.15) is 0 Å². The monoisotopic (exact) mass is 393 g/mol. The van der Waals surface area contributed by atoms with Crippen LogP contribution in [-0.4, -0.2) is 24.9 Å². The molecule has 0 fully saturated rings. The number of rotatable bonds is 3. The van der Waals surface area contributed by atoms with Crippen LogP contribution >= 0.6 is 23.2 Å². The molecule has 2 aliphatic rings. The highest BCUT2D eigenvalue weighted by molar-refractivity contribution is 6.43. The molecule has 1 aliphatic heterocycles. The van der Waals surface area contributed by atoms with E-state index in [1.165, 1.54) is 18.1 Å². The van der Waals surface area contributed by atoms with Crippen molar-refractivity contribution in [2.75, 3.05) is 12.0 Å². The number of ether oxygens (including phenoxy) is 1. The van der Waals surface area contributed by atoms with Gasteiger partial charge in [0.1, 0.15) is 5.03 Å². The number of carbonyl (C=O) groups excluding carboxylic acids is 3. The van der Waals surface area contributed by atoms with Crippen molar-refractivity contribution in [3.05, 3.63) is 45.0 Å². The molecule has 0 aromatic heterocycles. The van der Waals surface area contributed by atoms with E-state index in [9.17, 15) is 14.4 Å². The number of nitrogens with zero attached hydrogens (tertiary/aromatic N) is 1. The first-order chi connectivity index (χ1) is 12.3. The molecule has 0 radical (unpaired) electrons. The van der Waals surface area contributed by atoms with Gasteiger partial charge in [-0.3, -0.25) is 9.59 Å². The number of halogens is 2. The Hall–Kier alpha value is -2.11. The zero-order valence-corrected chi connectivity index (χ0v) is 15.9. The maximum atomic E-state index is 12.8. The number of imide groups is 1. The first kappa shape index (κ1) is 18.7. The predicted octanol–water partition coefficient (Wildman–Crippen LogP) is 4.08. The van der Waals surface area contributed by atoms with Crippen LogP contribution in [-0.2, 0) is 19.1 Å². The molecule has 3 rings (SSSR count). The van der Waals surface area contributed by atoms with Crippen molar-refractivity contribution in [3.8, 4) is 0 Å². The van der Waals surface area contributed by atoms with Crippen molar-refractivity contribution < 1.29 is 19.1 Å². The molecule has 0 unspecified atom stereocenters. The van der Waals surface area contributed by atoms with Gasteiger partial charge in [-0.25, -0.2) is 9.69 Å². The summed E-state index contributed by atoms with van der Waals surface area (Å²) in [6, 6.07) is 4.72. The molecule has 0 bridgehead atoms. The molecular formula is C19H17Cl2NO4. The van der Waals surface area contributed by atoms with E-state index in [0.717, 1.165) is 6.42 Å². The number of methoxy groups -OCH3 is 1. The summed E-state index contributed by atoms with van der Waals surface area (Å²) in [5.74, 6) is -0.887. The number of hydrogen-bond donors (Lipinski definition) is 0. The SMILES string of the molecule is COC(=O)C(Cl)=Cc1cc(N2C(=O)C3=C(C[C@H](C)CC3)C2=O)ccc1Cl. The Morgan fingerprint density at radius 1 is 1.27 bits per heavy atom. The topological polar surface area (TPSA) is 63.7 Å². The molecule has 0 N–H and O–H groups in total. The fourth-order valence-electron chi connectivity index (χ4n) is 3.24. The van der Waals surface area contributed by atoms with Crippen LogP contribution in [0.25, 0.3) is 6.08 Å². The Bertz CT molecular complexity index is 872. The molecular weight excluding hydrogens is 377 g/mol. The molecule has 1 heterocycles. The van der Waals surface area contributed by atoms with E-state index in [0.29, 0.717) is 46.2 Å². The van der Waals surface area contributed by atoms with Crippen molar-refractivity contribution in [2.24, 2.45) is 5.92 Å². The normalized spacial score (nSPS) is 20.5. The number of hydrogen-bond acceptors (Lipinski definition) is 4. The second-order valence-corrected chi connectivity index (χ2v) is 7.25. The lowest BCUT2D eigenvalue weighted by atomic mass is 9.86. The van der Waals surface area contributed by atoms with Crippen LogP contribution in [0.3, 0.4) is 0 Å². The molecule has 1 aromatic rings. The van der Waals surface area contributed by atoms with E-state index in [1.54, 1.807) is 18.2 Å². The first-order valence-corrected chi connectivity index (χ1v) is 8.95. The average molecular weight is 394 g/mol. The summed E-state index contributed by atoms with van der Waals surface area (Å²) in [5.41, 5.74) is 2.02. The standard InChI is InChI=1S/C19H17Cl2NO4/c1-10-3-5-13-14(7-10)18(24)22(17(13)23)12-4-6-15(20)11(8-12)9-16(21)19(25)26-2/h4,6,8-10H,3,5,7H2,1-2H3/t10-/m1/s1. The van der Waals surface area contributed by atoms with E-state index >= 15 is 0 Å². The molecule has 1 aromatic carbocycles. The fourth-order valence-corrected chi connectivity index (χ4v) is 3.61. The molecule has 7 heteroatoms. The molecule has 0 saturated heterocycles. The largest absolute Gasteiger partial charge is 0.465 e. The van der Waals surface area contributed by atoms with Gasteiger partial charge in [0.05, 0.1) is 12.8 Å². The lowest BCUT2D eigenvalue weighted by molar-refractivity contribution is -0.135. The minimum absolute atomic E-state index is 0.156. The molecule has 136 valence electrons. The minimum Gasteiger partial charge on any atom is -0.465 e. The quantitative estimate of drug-likeness (QED) is 0.440. The van der Waals surface area contributed by atoms with Gasteiger partial charge >= 0.3 is 5.97 Å². The second-order valence-electron chi connectivity index (χ2n) is 6.44. The Kier molecular flexibility index (Phi) is 5.21. The third kappa shape index (κ3) is 3.29. The molecule has 26 heavy (non-hydrogen) atoms. The highest BCUT2D eigenvalue weighted by Crippen LogP contribution is 2.38. The van der Waals surface area contributed by atoms with Gasteiger partial charge in [-0.15, -0.1) is 0 Å². The predicted molar refractivity (Wildman–Crippen MR) is 99.8 cm³/mol. The van der Waals surface area contributed by atoms with Crippen LogP contribution < -0.4 is 4.90 Å². The van der Waals surface area contributed by atoms with Gasteiger partial charge in [0.25, 0.3) is 11.8 Å². The lowest BCUT2D eigenvalue weighted by Crippen LogP contribution is -2.31. The Balaban J connectivity index is 1.96. The second kappa shape index (κ2) is 7.25. The zero-order chi connectivity index (χ0) is 19.0. The highest BCUT2D eigenvalue weighted by Gasteiger charge is 2.41. The summed E-state index contributed by atoms with van der Waals surface area (Å²) >= 11 is 12.0. The van der Waals surface area contributed by atoms with Gasteiger partial charge in [0.2, 0.25) is 0 Å². The highest BCUT2D eigenvalue weighted by atomic mass is 35.5. The number of anilines is 1. The van der Waals surface area contributed by atoms with Gasteiger partial charge in [-0.05, 0) is 55.0 Å². The van der Waals surface area contributed by atoms with Crippen LogP contribution in [0.4, 0.5) is 5.69 Å². The maximum absolute atomic E-state index is 12.8. The van der Waals surface area contributed by atoms with Crippen molar-refractivity contribution >= 4 is 52.7 Å². The molecule has 1 atom stereocenters. The van der Waals surface area contributed by atoms with Crippen LogP contribution in [0, 0.1) is 5.92 Å². The summed E-state index contributed by atoms with van der Waals surface area (Å²) in [7, 11) is 1.22. The summed E-state index contributed by atoms with van der Waals surface area (Å²) in [6.45, 7) is 2.07. The van der Waals surface area contributed by atoms with E-state index in [1.807, 2.05) is 0 Å². The Morgan fingerprint density at radius 2 is 1.96 bits per heavy atom. The number of amides is 2. The molecule has 1 aliphatic carbocycles. The van der Waals surface area contributed by atoms with Crippen LogP contribution in [0.5, 0.6) is 0 Å². The fraction of sp³-hybridized carbons (Fsp3) is 0.316. The lowest BCUT2D eigenvalue weighted by Gasteiger charge is -2.17. The van der Waals surface area contributed by atoms with E-state index in [2.05, 4.69) is 11.7 Å². The first-order valence-electron chi connectivity index (χ1n) is 8.19. The van der Waals surface area contributed by atoms with Crippen molar-refractivity contribution in [2.45, 2.75) is 26.2 Å². The molecule has 0 saturated carbocycles. The molecule has 5 nitrogen and oxygen atoms in total. The molecule has 2 amide bonds. The van der Waals surface area contributed by atoms with E-state index in [-0.39, 0.29) is 16.8 Å². The molecule has 0 spiro atoms. The third-order valence-electron chi connectivity index (χ3n) is 4.63. The van der Waals surface area contributed by atoms with Gasteiger partial charge in [0.15, 0.2) is 0 Å². The van der Waals surface area contributed by atoms with Crippen molar-refractivity contribution in [1.82, 2.24) is 0 Å². The van der Waals surface area contributed by atoms with Gasteiger partial charge in [-0.1, -0.05) is 30.1 Å². The van der Waals surface area contributed by atoms with E-state index < -0.39 is 5.97 Å². The number of carbonyl (C=O) groups is 3. The zero-order valence-electron chi connectivity index (χ0n) is 14.3. The van der Waals surface area contributed by atoms with Crippen LogP contribution in [0.2, 0.25) is 5.02 Å². The smallest absolute Gasteiger partial charge is 0.349 e. The third-order valence-corrected chi connectivity index (χ3v) is 5.23. The minimum atomic E-state index is -0.701. The van der Waals surface area contributed by atoms with Crippen LogP contribution in [0.15, 0.2) is 34.4 Å². The Labute approximate surface area is 161 Å².